The molecule has 6 aromatic carbocycles. The smallest absolute Gasteiger partial charge is 0.356 e. The topological polar surface area (TPSA) is 117 Å². The maximum atomic E-state index is 12.6. The number of esters is 2. The third kappa shape index (κ3) is 11.3. The van der Waals surface area contributed by atoms with Crippen molar-refractivity contribution in [2.75, 3.05) is 30.6 Å². The predicted octanol–water partition coefficient (Wildman–Crippen LogP) is 8.07. The zero-order valence-corrected chi connectivity index (χ0v) is 31.0. The number of methoxy groups -OCH3 is 2. The number of hydrogen-bond acceptors (Lipinski definition) is 8. The molecule has 2 amide bonds. The molecule has 0 heterocycles. The second kappa shape index (κ2) is 20.7. The second-order valence-electron chi connectivity index (χ2n) is 12.1. The van der Waals surface area contributed by atoms with Crippen molar-refractivity contribution in [1.82, 2.24) is 10.6 Å². The van der Waals surface area contributed by atoms with E-state index in [2.05, 4.69) is 10.6 Å². The van der Waals surface area contributed by atoms with Gasteiger partial charge in [-0.15, -0.1) is 0 Å². The fourth-order valence-electron chi connectivity index (χ4n) is 5.55. The van der Waals surface area contributed by atoms with Crippen LogP contribution in [-0.4, -0.2) is 50.6 Å². The average molecular weight is 747 g/mol. The van der Waals surface area contributed by atoms with Crippen LogP contribution in [0.25, 0.3) is 0 Å². The number of carbonyl (C=O) groups excluding carboxylic acids is 4. The highest BCUT2D eigenvalue weighted by Crippen LogP contribution is 2.27. The molecule has 0 fully saturated rings. The van der Waals surface area contributed by atoms with E-state index < -0.39 is 23.9 Å². The minimum absolute atomic E-state index is 0.0315. The van der Waals surface area contributed by atoms with Crippen molar-refractivity contribution in [2.45, 2.75) is 6.04 Å². The van der Waals surface area contributed by atoms with E-state index in [9.17, 15) is 19.2 Å². The Morgan fingerprint density at radius 3 is 1.29 bits per heavy atom. The van der Waals surface area contributed by atoms with E-state index in [4.69, 9.17) is 9.47 Å². The molecule has 0 aliphatic carbocycles. The minimum Gasteiger partial charge on any atom is -0.467 e. The van der Waals surface area contributed by atoms with E-state index in [0.717, 1.165) is 22.7 Å². The Morgan fingerprint density at radius 1 is 0.518 bits per heavy atom. The summed E-state index contributed by atoms with van der Waals surface area (Å²) in [5, 5.41) is 5.46. The third-order valence-corrected chi connectivity index (χ3v) is 8.34. The molecule has 1 atom stereocenters. The van der Waals surface area contributed by atoms with E-state index in [1.165, 1.54) is 14.2 Å². The van der Waals surface area contributed by atoms with Crippen LogP contribution in [0.4, 0.5) is 22.7 Å². The summed E-state index contributed by atoms with van der Waals surface area (Å²) in [5.74, 6) is -1.85. The summed E-state index contributed by atoms with van der Waals surface area (Å²) in [7, 11) is 2.60. The highest BCUT2D eigenvalue weighted by molar-refractivity contribution is 6.01. The lowest BCUT2D eigenvalue weighted by atomic mass is 10.1. The molecule has 0 aliphatic rings. The Labute approximate surface area is 326 Å². The molecular formula is C46H42N4O6. The van der Waals surface area contributed by atoms with Crippen molar-refractivity contribution in [2.24, 2.45) is 0 Å². The summed E-state index contributed by atoms with van der Waals surface area (Å²) in [6.45, 7) is 0.235. The van der Waals surface area contributed by atoms with Gasteiger partial charge in [0.1, 0.15) is 11.7 Å². The molecule has 10 heteroatoms. The number of nitrogens with zero attached hydrogens (tertiary/aromatic N) is 2. The molecule has 0 radical (unpaired) electrons. The maximum Gasteiger partial charge on any atom is 0.356 e. The number of anilines is 4. The molecular weight excluding hydrogens is 705 g/mol. The molecule has 0 bridgehead atoms. The maximum absolute atomic E-state index is 12.6. The first kappa shape index (κ1) is 39.7. The van der Waals surface area contributed by atoms with E-state index in [-0.39, 0.29) is 18.1 Å². The molecule has 56 heavy (non-hydrogen) atoms. The largest absolute Gasteiger partial charge is 0.467 e. The number of nitrogens with one attached hydrogen (secondary N) is 2. The Kier molecular flexibility index (Phi) is 14.7. The van der Waals surface area contributed by atoms with Crippen LogP contribution < -0.4 is 20.4 Å². The highest BCUT2D eigenvalue weighted by atomic mass is 16.5. The first-order chi connectivity index (χ1) is 27.4. The van der Waals surface area contributed by atoms with Gasteiger partial charge in [-0.25, -0.2) is 9.59 Å². The van der Waals surface area contributed by atoms with Crippen LogP contribution in [0.5, 0.6) is 0 Å². The van der Waals surface area contributed by atoms with E-state index in [0.29, 0.717) is 11.1 Å². The molecule has 0 aromatic heterocycles. The number of ether oxygens (including phenoxy) is 2. The van der Waals surface area contributed by atoms with Crippen molar-refractivity contribution >= 4 is 46.5 Å². The molecule has 0 spiro atoms. The fraction of sp³-hybridized carbons (Fsp3) is 0.0870. The van der Waals surface area contributed by atoms with Crippen LogP contribution in [0.15, 0.2) is 194 Å². The predicted molar refractivity (Wildman–Crippen MR) is 219 cm³/mol. The summed E-state index contributed by atoms with van der Waals surface area (Å²) >= 11 is 0. The zero-order valence-electron chi connectivity index (χ0n) is 31.0. The number of para-hydroxylation sites is 4. The van der Waals surface area contributed by atoms with Gasteiger partial charge < -0.3 is 29.9 Å². The fourth-order valence-corrected chi connectivity index (χ4v) is 5.55. The van der Waals surface area contributed by atoms with Crippen molar-refractivity contribution in [3.05, 3.63) is 205 Å². The minimum atomic E-state index is -0.835. The van der Waals surface area contributed by atoms with Gasteiger partial charge in [0, 0.05) is 40.1 Å². The Balaban J connectivity index is 0.000000214. The van der Waals surface area contributed by atoms with Crippen LogP contribution in [0, 0.1) is 0 Å². The standard InChI is InChI=1S/C23H22N2O3.C23H20N2O3/c2*1-28-23(27)21(24-22(26)18-11-5-2-6-12-18)17-25(19-13-7-3-8-14-19)20-15-9-4-10-16-20/h2-16,21H,17H2,1H3,(H,24,26);2-17H,1H3,(H,24,26)/b;21-17-. The third-order valence-electron chi connectivity index (χ3n) is 8.34. The molecule has 0 saturated carbocycles. The second-order valence-corrected chi connectivity index (χ2v) is 12.1. The Hall–Kier alpha value is -7.46. The summed E-state index contributed by atoms with van der Waals surface area (Å²) in [5.41, 5.74) is 4.47. The molecule has 10 nitrogen and oxygen atoms in total. The number of amides is 2. The van der Waals surface area contributed by atoms with E-state index >= 15 is 0 Å². The summed E-state index contributed by atoms with van der Waals surface area (Å²) in [6.07, 6.45) is 1.57. The first-order valence-corrected chi connectivity index (χ1v) is 17.7. The van der Waals surface area contributed by atoms with Gasteiger partial charge in [-0.2, -0.15) is 0 Å². The molecule has 0 saturated heterocycles. The van der Waals surface area contributed by atoms with Crippen molar-refractivity contribution < 1.29 is 28.7 Å². The van der Waals surface area contributed by atoms with Crippen molar-refractivity contribution in [3.63, 3.8) is 0 Å². The van der Waals surface area contributed by atoms with Gasteiger partial charge in [0.2, 0.25) is 0 Å². The van der Waals surface area contributed by atoms with Crippen LogP contribution in [0.2, 0.25) is 0 Å². The Bertz CT molecular complexity index is 2090. The van der Waals surface area contributed by atoms with Gasteiger partial charge in [-0.1, -0.05) is 109 Å². The molecule has 6 aromatic rings. The van der Waals surface area contributed by atoms with Gasteiger partial charge in [0.05, 0.1) is 20.8 Å². The van der Waals surface area contributed by atoms with Crippen LogP contribution in [0.1, 0.15) is 20.7 Å². The summed E-state index contributed by atoms with van der Waals surface area (Å²) in [6, 6.07) is 55.2. The van der Waals surface area contributed by atoms with Gasteiger partial charge in [0.15, 0.2) is 0 Å². The SMILES string of the molecule is COC(=O)/C(=C/N(c1ccccc1)c1ccccc1)NC(=O)c1ccccc1.COC(=O)C(CN(c1ccccc1)c1ccccc1)NC(=O)c1ccccc1. The quantitative estimate of drug-likeness (QED) is 0.0901. The number of benzene rings is 6. The normalized spacial score (nSPS) is 11.1. The van der Waals surface area contributed by atoms with Gasteiger partial charge >= 0.3 is 11.9 Å². The van der Waals surface area contributed by atoms with Crippen LogP contribution in [0.3, 0.4) is 0 Å². The Morgan fingerprint density at radius 2 is 0.893 bits per heavy atom. The lowest BCUT2D eigenvalue weighted by Gasteiger charge is -2.29. The van der Waals surface area contributed by atoms with Crippen molar-refractivity contribution in [3.8, 4) is 0 Å². The summed E-state index contributed by atoms with van der Waals surface area (Å²) < 4.78 is 9.81. The number of rotatable bonds is 13. The summed E-state index contributed by atoms with van der Waals surface area (Å²) in [4.78, 5) is 53.7. The molecule has 1 unspecified atom stereocenters. The van der Waals surface area contributed by atoms with E-state index in [1.807, 2.05) is 143 Å². The van der Waals surface area contributed by atoms with Crippen LogP contribution in [-0.2, 0) is 19.1 Å². The van der Waals surface area contributed by atoms with Gasteiger partial charge in [-0.05, 0) is 72.8 Å². The number of carbonyl (C=O) groups is 4. The molecule has 0 aliphatic heterocycles. The number of hydrogen-bond donors (Lipinski definition) is 2. The lowest BCUT2D eigenvalue weighted by Crippen LogP contribution is -2.48. The molecule has 282 valence electrons. The lowest BCUT2D eigenvalue weighted by molar-refractivity contribution is -0.142. The van der Waals surface area contributed by atoms with Gasteiger partial charge in [-0.3, -0.25) is 9.59 Å². The van der Waals surface area contributed by atoms with Gasteiger partial charge in [0.25, 0.3) is 11.8 Å². The van der Waals surface area contributed by atoms with Crippen LogP contribution >= 0.6 is 0 Å². The zero-order chi connectivity index (χ0) is 39.5. The molecule has 6 rings (SSSR count). The van der Waals surface area contributed by atoms with Crippen molar-refractivity contribution in [1.29, 1.82) is 0 Å². The highest BCUT2D eigenvalue weighted by Gasteiger charge is 2.26. The monoisotopic (exact) mass is 746 g/mol. The molecule has 2 N–H and O–H groups in total. The average Bonchev–Trinajstić information content (AvgIpc) is 3.27. The van der Waals surface area contributed by atoms with E-state index in [1.54, 1.807) is 54.7 Å². The first-order valence-electron chi connectivity index (χ1n) is 17.7.